The van der Waals surface area contributed by atoms with Gasteiger partial charge in [-0.15, -0.1) is 0 Å². The highest BCUT2D eigenvalue weighted by Crippen LogP contribution is 2.35. The van der Waals surface area contributed by atoms with Crippen molar-refractivity contribution in [2.24, 2.45) is 0 Å². The molecule has 2 aromatic carbocycles. The second-order valence-electron chi connectivity index (χ2n) is 9.08. The molecule has 11 nitrogen and oxygen atoms in total. The van der Waals surface area contributed by atoms with E-state index in [0.717, 1.165) is 10.1 Å². The maximum Gasteiger partial charge on any atom is 0.351 e. The van der Waals surface area contributed by atoms with Gasteiger partial charge in [0.25, 0.3) is 0 Å². The zero-order chi connectivity index (χ0) is 28.9. The van der Waals surface area contributed by atoms with Gasteiger partial charge in [0, 0.05) is 18.7 Å². The molecular weight excluding hydrogens is 550 g/mol. The number of hydrogen-bond acceptors (Lipinski definition) is 11. The van der Waals surface area contributed by atoms with E-state index >= 15 is 0 Å². The lowest BCUT2D eigenvalue weighted by atomic mass is 10.1. The molecule has 41 heavy (non-hydrogen) atoms. The van der Waals surface area contributed by atoms with E-state index in [1.165, 1.54) is 24.5 Å². The minimum Gasteiger partial charge on any atom is -0.459 e. The van der Waals surface area contributed by atoms with Crippen LogP contribution in [-0.4, -0.2) is 52.4 Å². The zero-order valence-electron chi connectivity index (χ0n) is 21.7. The van der Waals surface area contributed by atoms with Crippen molar-refractivity contribution in [2.45, 2.75) is 31.5 Å². The van der Waals surface area contributed by atoms with Gasteiger partial charge in [-0.3, -0.25) is 9.36 Å². The number of benzene rings is 2. The molecule has 0 radical (unpaired) electrons. The molecule has 2 aromatic heterocycles. The maximum atomic E-state index is 13.1. The fourth-order valence-electron chi connectivity index (χ4n) is 4.41. The maximum absolute atomic E-state index is 13.1. The van der Waals surface area contributed by atoms with Crippen molar-refractivity contribution in [3.63, 3.8) is 0 Å². The van der Waals surface area contributed by atoms with Crippen molar-refractivity contribution in [2.75, 3.05) is 12.3 Å². The zero-order valence-corrected chi connectivity index (χ0v) is 22.6. The number of rotatable bonds is 8. The normalized spacial score (nSPS) is 19.8. The molecule has 5 rings (SSSR count). The van der Waals surface area contributed by atoms with Gasteiger partial charge in [0.1, 0.15) is 18.5 Å². The van der Waals surface area contributed by atoms with Gasteiger partial charge >= 0.3 is 23.6 Å². The second kappa shape index (κ2) is 12.1. The first-order valence-electron chi connectivity index (χ1n) is 12.5. The summed E-state index contributed by atoms with van der Waals surface area (Å²) in [5.74, 6) is -2.06. The van der Waals surface area contributed by atoms with Crippen LogP contribution in [-0.2, 0) is 23.7 Å². The van der Waals surface area contributed by atoms with Crippen molar-refractivity contribution in [1.82, 2.24) is 9.55 Å². The summed E-state index contributed by atoms with van der Waals surface area (Å²) in [5.41, 5.74) is 6.98. The number of ether oxygens (including phenoxy) is 4. The first kappa shape index (κ1) is 27.7. The summed E-state index contributed by atoms with van der Waals surface area (Å²) in [4.78, 5) is 54.9. The Labute approximate surface area is 238 Å². The van der Waals surface area contributed by atoms with Crippen LogP contribution in [0.4, 0.5) is 5.82 Å². The smallest absolute Gasteiger partial charge is 0.351 e. The van der Waals surface area contributed by atoms with Crippen LogP contribution < -0.4 is 11.4 Å². The number of hydrogen-bond donors (Lipinski definition) is 1. The molecule has 0 unspecified atom stereocenters. The second-order valence-corrected chi connectivity index (χ2v) is 9.86. The lowest BCUT2D eigenvalue weighted by Gasteiger charge is -2.24. The Hall–Kier alpha value is -4.81. The predicted octanol–water partition coefficient (Wildman–Crippen LogP) is 3.47. The molecule has 0 bridgehead atoms. The predicted molar refractivity (Wildman–Crippen MR) is 148 cm³/mol. The fraction of sp³-hybridized carbons (Fsp3) is 0.207. The standard InChI is InChI=1S/C29H25N3O8S/c1-17(33)38-24-23(40-28(35)19-10-6-3-7-11-19)22(15-37-27(34)18-8-4-2-5-9-18)39-26(24)32-14-21(20-12-13-41-16-20)25(30)31-29(32)36/h2-14,16,22-24,26H,15H2,1H3,(H2,30,31,36)/t22-,23-,24-,26-/m1/s1. The Morgan fingerprint density at radius 3 is 2.22 bits per heavy atom. The molecular formula is C29H25N3O8S. The van der Waals surface area contributed by atoms with Crippen LogP contribution >= 0.6 is 11.3 Å². The molecule has 3 heterocycles. The monoisotopic (exact) mass is 575 g/mol. The van der Waals surface area contributed by atoms with E-state index < -0.39 is 48.1 Å². The summed E-state index contributed by atoms with van der Waals surface area (Å²) in [6, 6.07) is 18.3. The third-order valence-corrected chi connectivity index (χ3v) is 7.00. The van der Waals surface area contributed by atoms with Gasteiger partial charge in [-0.25, -0.2) is 14.4 Å². The first-order chi connectivity index (χ1) is 19.8. The number of nitrogens with two attached hydrogens (primary N) is 1. The van der Waals surface area contributed by atoms with Crippen molar-refractivity contribution in [1.29, 1.82) is 0 Å². The van der Waals surface area contributed by atoms with Gasteiger partial charge in [-0.2, -0.15) is 16.3 Å². The van der Waals surface area contributed by atoms with Crippen LogP contribution in [0.3, 0.4) is 0 Å². The number of anilines is 1. The third kappa shape index (κ3) is 6.18. The summed E-state index contributed by atoms with van der Waals surface area (Å²) >= 11 is 1.43. The van der Waals surface area contributed by atoms with E-state index in [4.69, 9.17) is 24.7 Å². The van der Waals surface area contributed by atoms with Gasteiger partial charge in [-0.1, -0.05) is 36.4 Å². The molecule has 0 amide bonds. The Morgan fingerprint density at radius 1 is 0.951 bits per heavy atom. The Bertz CT molecular complexity index is 1590. The topological polar surface area (TPSA) is 149 Å². The minimum absolute atomic E-state index is 0.00656. The number of carbonyl (C=O) groups excluding carboxylic acids is 3. The molecule has 1 fully saturated rings. The average molecular weight is 576 g/mol. The van der Waals surface area contributed by atoms with Crippen LogP contribution in [0.25, 0.3) is 11.1 Å². The molecule has 2 N–H and O–H groups in total. The molecule has 1 saturated heterocycles. The highest BCUT2D eigenvalue weighted by Gasteiger charge is 2.51. The number of nitrogen functional groups attached to an aromatic ring is 1. The number of carbonyl (C=O) groups is 3. The third-order valence-electron chi connectivity index (χ3n) is 6.32. The summed E-state index contributed by atoms with van der Waals surface area (Å²) in [6.45, 7) is 0.806. The SMILES string of the molecule is CC(=O)O[C@@H]1[C@H](OC(=O)c2ccccc2)[C@@H](COC(=O)c2ccccc2)O[C@H]1n1cc(-c2ccsc2)c(N)nc1=O. The highest BCUT2D eigenvalue weighted by molar-refractivity contribution is 7.08. The summed E-state index contributed by atoms with van der Waals surface area (Å²) in [7, 11) is 0. The van der Waals surface area contributed by atoms with Gasteiger partial charge < -0.3 is 24.7 Å². The van der Waals surface area contributed by atoms with E-state index in [1.807, 2.05) is 16.8 Å². The summed E-state index contributed by atoms with van der Waals surface area (Å²) in [6.07, 6.45) is -3.50. The molecule has 0 spiro atoms. The van der Waals surface area contributed by atoms with E-state index in [1.54, 1.807) is 60.7 Å². The lowest BCUT2D eigenvalue weighted by molar-refractivity contribution is -0.156. The number of thiophene rings is 1. The van der Waals surface area contributed by atoms with E-state index in [9.17, 15) is 19.2 Å². The van der Waals surface area contributed by atoms with Crippen LogP contribution in [0.5, 0.6) is 0 Å². The van der Waals surface area contributed by atoms with Crippen molar-refractivity contribution >= 4 is 35.1 Å². The van der Waals surface area contributed by atoms with E-state index in [0.29, 0.717) is 11.1 Å². The van der Waals surface area contributed by atoms with Gasteiger partial charge in [0.05, 0.1) is 11.1 Å². The molecule has 210 valence electrons. The fourth-order valence-corrected chi connectivity index (χ4v) is 5.07. The number of esters is 3. The molecule has 4 aromatic rings. The summed E-state index contributed by atoms with van der Waals surface area (Å²) < 4.78 is 24.1. The van der Waals surface area contributed by atoms with Crippen molar-refractivity contribution in [3.8, 4) is 11.1 Å². The summed E-state index contributed by atoms with van der Waals surface area (Å²) in [5, 5.41) is 3.67. The molecule has 0 saturated carbocycles. The van der Waals surface area contributed by atoms with Crippen LogP contribution in [0.1, 0.15) is 33.9 Å². The molecule has 1 aliphatic rings. The molecule has 4 atom stereocenters. The van der Waals surface area contributed by atoms with Gasteiger partial charge in [-0.05, 0) is 46.7 Å². The number of aromatic nitrogens is 2. The van der Waals surface area contributed by atoms with Crippen molar-refractivity contribution in [3.05, 3.63) is 105 Å². The highest BCUT2D eigenvalue weighted by atomic mass is 32.1. The average Bonchev–Trinajstić information content (AvgIpc) is 3.62. The minimum atomic E-state index is -1.29. The van der Waals surface area contributed by atoms with E-state index in [2.05, 4.69) is 4.98 Å². The Balaban J connectivity index is 1.51. The Morgan fingerprint density at radius 2 is 1.61 bits per heavy atom. The van der Waals surface area contributed by atoms with E-state index in [-0.39, 0.29) is 18.0 Å². The van der Waals surface area contributed by atoms with Gasteiger partial charge in [0.15, 0.2) is 18.4 Å². The quantitative estimate of drug-likeness (QED) is 0.244. The number of nitrogens with zero attached hydrogens (tertiary/aromatic N) is 2. The van der Waals surface area contributed by atoms with Gasteiger partial charge in [0.2, 0.25) is 0 Å². The van der Waals surface area contributed by atoms with Crippen LogP contribution in [0.15, 0.2) is 88.5 Å². The largest absolute Gasteiger partial charge is 0.459 e. The lowest BCUT2D eigenvalue weighted by Crippen LogP contribution is -2.42. The molecule has 1 aliphatic heterocycles. The van der Waals surface area contributed by atoms with Crippen molar-refractivity contribution < 1.29 is 33.3 Å². The Kier molecular flexibility index (Phi) is 8.22. The van der Waals surface area contributed by atoms with Crippen LogP contribution in [0, 0.1) is 0 Å². The van der Waals surface area contributed by atoms with Crippen LogP contribution in [0.2, 0.25) is 0 Å². The molecule has 0 aliphatic carbocycles. The first-order valence-corrected chi connectivity index (χ1v) is 13.5. The molecule has 12 heteroatoms.